The van der Waals surface area contributed by atoms with E-state index in [0.29, 0.717) is 5.56 Å². The van der Waals surface area contributed by atoms with E-state index < -0.39 is 18.2 Å². The van der Waals surface area contributed by atoms with Crippen LogP contribution in [0.3, 0.4) is 0 Å². The van der Waals surface area contributed by atoms with E-state index in [1.165, 1.54) is 7.11 Å². The van der Waals surface area contributed by atoms with Gasteiger partial charge < -0.3 is 14.9 Å². The second-order valence-corrected chi connectivity index (χ2v) is 3.98. The van der Waals surface area contributed by atoms with Crippen LogP contribution in [0.25, 0.3) is 10.8 Å². The number of carbonyl (C=O) groups excluding carboxylic acids is 1. The molecule has 2 rings (SSSR count). The molecule has 0 saturated heterocycles. The van der Waals surface area contributed by atoms with Gasteiger partial charge in [-0.3, -0.25) is 0 Å². The molecule has 0 aliphatic carbocycles. The van der Waals surface area contributed by atoms with Gasteiger partial charge in [-0.05, 0) is 16.3 Å². The van der Waals surface area contributed by atoms with Gasteiger partial charge in [-0.1, -0.05) is 42.5 Å². The first-order valence-electron chi connectivity index (χ1n) is 5.56. The topological polar surface area (TPSA) is 66.8 Å². The number of aliphatic hydroxyl groups is 2. The van der Waals surface area contributed by atoms with Crippen LogP contribution in [0.15, 0.2) is 42.5 Å². The normalized spacial score (nSPS) is 14.2. The summed E-state index contributed by atoms with van der Waals surface area (Å²) in [7, 11) is 1.17. The predicted molar refractivity (Wildman–Crippen MR) is 66.9 cm³/mol. The molecule has 0 radical (unpaired) electrons. The van der Waals surface area contributed by atoms with E-state index in [9.17, 15) is 15.0 Å². The lowest BCUT2D eigenvalue weighted by Crippen LogP contribution is -2.29. The Labute approximate surface area is 104 Å². The first-order chi connectivity index (χ1) is 8.65. The third-order valence-electron chi connectivity index (χ3n) is 2.88. The Kier molecular flexibility index (Phi) is 3.60. The maximum absolute atomic E-state index is 11.2. The lowest BCUT2D eigenvalue weighted by atomic mass is 9.97. The Balaban J connectivity index is 2.44. The van der Waals surface area contributed by atoms with Gasteiger partial charge in [-0.15, -0.1) is 0 Å². The minimum Gasteiger partial charge on any atom is -0.467 e. The van der Waals surface area contributed by atoms with E-state index in [4.69, 9.17) is 0 Å². The summed E-state index contributed by atoms with van der Waals surface area (Å²) in [6.07, 6.45) is -2.88. The molecule has 0 unspecified atom stereocenters. The van der Waals surface area contributed by atoms with Gasteiger partial charge in [0.2, 0.25) is 0 Å². The molecule has 0 aromatic heterocycles. The fraction of sp³-hybridized carbons (Fsp3) is 0.214. The van der Waals surface area contributed by atoms with Gasteiger partial charge >= 0.3 is 5.97 Å². The van der Waals surface area contributed by atoms with Crippen molar-refractivity contribution < 1.29 is 19.7 Å². The van der Waals surface area contributed by atoms with E-state index >= 15 is 0 Å². The van der Waals surface area contributed by atoms with Crippen molar-refractivity contribution in [2.24, 2.45) is 0 Å². The zero-order valence-corrected chi connectivity index (χ0v) is 9.91. The highest BCUT2D eigenvalue weighted by atomic mass is 16.5. The Morgan fingerprint density at radius 3 is 2.50 bits per heavy atom. The van der Waals surface area contributed by atoms with Crippen LogP contribution >= 0.6 is 0 Å². The molecule has 0 fully saturated rings. The number of rotatable bonds is 3. The van der Waals surface area contributed by atoms with Gasteiger partial charge in [0.1, 0.15) is 6.10 Å². The van der Waals surface area contributed by atoms with E-state index in [1.807, 2.05) is 30.3 Å². The molecule has 2 atom stereocenters. The fourth-order valence-corrected chi connectivity index (χ4v) is 1.93. The highest BCUT2D eigenvalue weighted by Crippen LogP contribution is 2.26. The standard InChI is InChI=1S/C14H14O4/c1-18-14(17)13(16)12(15)11-8-4-6-9-5-2-3-7-10(9)11/h2-8,12-13,15-16H,1H3/t12-,13+/m1/s1. The Bertz CT molecular complexity index is 559. The molecule has 2 aromatic carbocycles. The van der Waals surface area contributed by atoms with Gasteiger partial charge in [0.05, 0.1) is 7.11 Å². The molecule has 4 nitrogen and oxygen atoms in total. The van der Waals surface area contributed by atoms with Crippen molar-refractivity contribution in [1.29, 1.82) is 0 Å². The van der Waals surface area contributed by atoms with Gasteiger partial charge in [-0.25, -0.2) is 4.79 Å². The fourth-order valence-electron chi connectivity index (χ4n) is 1.93. The van der Waals surface area contributed by atoms with Crippen LogP contribution in [0.2, 0.25) is 0 Å². The molecule has 4 heteroatoms. The molecule has 0 spiro atoms. The van der Waals surface area contributed by atoms with Crippen molar-refractivity contribution in [1.82, 2.24) is 0 Å². The SMILES string of the molecule is COC(=O)[C@@H](O)[C@H](O)c1cccc2ccccc12. The molecule has 2 aromatic rings. The molecule has 0 amide bonds. The number of methoxy groups -OCH3 is 1. The van der Waals surface area contributed by atoms with E-state index in [1.54, 1.807) is 12.1 Å². The first-order valence-corrected chi connectivity index (χ1v) is 5.56. The van der Waals surface area contributed by atoms with Crippen LogP contribution in [0.5, 0.6) is 0 Å². The second kappa shape index (κ2) is 5.16. The molecule has 94 valence electrons. The van der Waals surface area contributed by atoms with Crippen molar-refractivity contribution in [3.8, 4) is 0 Å². The largest absolute Gasteiger partial charge is 0.467 e. The van der Waals surface area contributed by atoms with E-state index in [2.05, 4.69) is 4.74 Å². The Morgan fingerprint density at radius 2 is 1.78 bits per heavy atom. The maximum atomic E-state index is 11.2. The van der Waals surface area contributed by atoms with Crippen LogP contribution in [0.1, 0.15) is 11.7 Å². The second-order valence-electron chi connectivity index (χ2n) is 3.98. The summed E-state index contributed by atoms with van der Waals surface area (Å²) in [5, 5.41) is 21.4. The van der Waals surface area contributed by atoms with Crippen molar-refractivity contribution >= 4 is 16.7 Å². The minimum atomic E-state index is -1.58. The average molecular weight is 246 g/mol. The minimum absolute atomic E-state index is 0.506. The summed E-state index contributed by atoms with van der Waals surface area (Å²) >= 11 is 0. The molecular weight excluding hydrogens is 232 g/mol. The molecule has 0 bridgehead atoms. The van der Waals surface area contributed by atoms with Gasteiger partial charge in [0.15, 0.2) is 6.10 Å². The van der Waals surface area contributed by atoms with Crippen LogP contribution in [0, 0.1) is 0 Å². The molecular formula is C14H14O4. The zero-order chi connectivity index (χ0) is 13.1. The lowest BCUT2D eigenvalue weighted by Gasteiger charge is -2.17. The summed E-state index contributed by atoms with van der Waals surface area (Å²) in [5.74, 6) is -0.851. The number of hydrogen-bond donors (Lipinski definition) is 2. The number of carbonyl (C=O) groups is 1. The summed E-state index contributed by atoms with van der Waals surface area (Å²) < 4.78 is 4.42. The molecule has 0 heterocycles. The van der Waals surface area contributed by atoms with Crippen molar-refractivity contribution in [3.05, 3.63) is 48.0 Å². The maximum Gasteiger partial charge on any atom is 0.337 e. The molecule has 0 aliphatic heterocycles. The summed E-state index contributed by atoms with van der Waals surface area (Å²) in [6.45, 7) is 0. The Morgan fingerprint density at radius 1 is 1.11 bits per heavy atom. The van der Waals surface area contributed by atoms with Crippen LogP contribution in [0.4, 0.5) is 0 Å². The summed E-state index contributed by atoms with van der Waals surface area (Å²) in [6, 6.07) is 12.8. The van der Waals surface area contributed by atoms with Gasteiger partial charge in [0.25, 0.3) is 0 Å². The number of esters is 1. The van der Waals surface area contributed by atoms with Crippen LogP contribution in [-0.4, -0.2) is 29.4 Å². The third kappa shape index (κ3) is 2.20. The van der Waals surface area contributed by atoms with Crippen molar-refractivity contribution in [2.75, 3.05) is 7.11 Å². The molecule has 2 N–H and O–H groups in total. The monoisotopic (exact) mass is 246 g/mol. The van der Waals surface area contributed by atoms with Crippen molar-refractivity contribution in [2.45, 2.75) is 12.2 Å². The zero-order valence-electron chi connectivity index (χ0n) is 9.91. The number of benzene rings is 2. The third-order valence-corrected chi connectivity index (χ3v) is 2.88. The summed E-state index contributed by atoms with van der Waals surface area (Å²) in [4.78, 5) is 11.2. The summed E-state index contributed by atoms with van der Waals surface area (Å²) in [5.41, 5.74) is 0.506. The lowest BCUT2D eigenvalue weighted by molar-refractivity contribution is -0.156. The van der Waals surface area contributed by atoms with Gasteiger partial charge in [-0.2, -0.15) is 0 Å². The number of fused-ring (bicyclic) bond motifs is 1. The van der Waals surface area contributed by atoms with Crippen LogP contribution < -0.4 is 0 Å². The Hall–Kier alpha value is -1.91. The highest BCUT2D eigenvalue weighted by Gasteiger charge is 2.27. The number of hydrogen-bond acceptors (Lipinski definition) is 4. The smallest absolute Gasteiger partial charge is 0.337 e. The molecule has 18 heavy (non-hydrogen) atoms. The molecule has 0 aliphatic rings. The number of ether oxygens (including phenoxy) is 1. The molecule has 0 saturated carbocycles. The average Bonchev–Trinajstić information content (AvgIpc) is 2.44. The predicted octanol–water partition coefficient (Wildman–Crippen LogP) is 1.41. The highest BCUT2D eigenvalue weighted by molar-refractivity contribution is 5.87. The van der Waals surface area contributed by atoms with E-state index in [0.717, 1.165) is 10.8 Å². The van der Waals surface area contributed by atoms with Crippen LogP contribution in [-0.2, 0) is 9.53 Å². The van der Waals surface area contributed by atoms with E-state index in [-0.39, 0.29) is 0 Å². The van der Waals surface area contributed by atoms with Crippen molar-refractivity contribution in [3.63, 3.8) is 0 Å². The number of aliphatic hydroxyl groups excluding tert-OH is 2. The van der Waals surface area contributed by atoms with Gasteiger partial charge in [0, 0.05) is 0 Å². The quantitative estimate of drug-likeness (QED) is 0.803. The first kappa shape index (κ1) is 12.5.